The molecule has 6 nitrogen and oxygen atoms in total. The van der Waals surface area contributed by atoms with Gasteiger partial charge in [-0.15, -0.1) is 11.3 Å². The van der Waals surface area contributed by atoms with E-state index in [0.717, 1.165) is 41.9 Å². The van der Waals surface area contributed by atoms with Gasteiger partial charge in [-0.1, -0.05) is 6.92 Å². The Labute approximate surface area is 152 Å². The molecule has 1 unspecified atom stereocenters. The number of aryl methyl sites for hydroxylation is 3. The average Bonchev–Trinajstić information content (AvgIpc) is 3.04. The first-order chi connectivity index (χ1) is 12.0. The molecule has 1 atom stereocenters. The van der Waals surface area contributed by atoms with Gasteiger partial charge in [-0.05, 0) is 44.2 Å². The normalized spacial score (nSPS) is 16.2. The second-order valence-corrected chi connectivity index (χ2v) is 7.41. The number of carbonyl (C=O) groups is 1. The van der Waals surface area contributed by atoms with Gasteiger partial charge in [0.15, 0.2) is 0 Å². The van der Waals surface area contributed by atoms with E-state index >= 15 is 0 Å². The first kappa shape index (κ1) is 17.7. The molecule has 3 rings (SSSR count). The van der Waals surface area contributed by atoms with E-state index in [2.05, 4.69) is 17.2 Å². The van der Waals surface area contributed by atoms with E-state index in [-0.39, 0.29) is 12.1 Å². The number of anilines is 1. The number of thiazole rings is 1. The van der Waals surface area contributed by atoms with Crippen LogP contribution in [0.25, 0.3) is 0 Å². The van der Waals surface area contributed by atoms with Gasteiger partial charge < -0.3 is 15.0 Å². The lowest BCUT2D eigenvalue weighted by atomic mass is 9.97. The minimum absolute atomic E-state index is 0.0744. The summed E-state index contributed by atoms with van der Waals surface area (Å²) in [6, 6.07) is 1.78. The largest absolute Gasteiger partial charge is 0.480 e. The maximum Gasteiger partial charge on any atom is 0.322 e. The van der Waals surface area contributed by atoms with Gasteiger partial charge in [0.25, 0.3) is 0 Å². The fourth-order valence-electron chi connectivity index (χ4n) is 3.12. The summed E-state index contributed by atoms with van der Waals surface area (Å²) >= 11 is 1.74. The maximum atomic E-state index is 12.8. The van der Waals surface area contributed by atoms with Crippen molar-refractivity contribution >= 4 is 23.1 Å². The molecule has 0 radical (unpaired) electrons. The smallest absolute Gasteiger partial charge is 0.322 e. The number of amides is 2. The van der Waals surface area contributed by atoms with Crippen molar-refractivity contribution in [3.8, 4) is 5.88 Å². The Morgan fingerprint density at radius 3 is 3.04 bits per heavy atom. The summed E-state index contributed by atoms with van der Waals surface area (Å²) in [6.45, 7) is 4.05. The maximum absolute atomic E-state index is 12.8. The number of fused-ring (bicyclic) bond motifs is 1. The van der Waals surface area contributed by atoms with Crippen molar-refractivity contribution in [2.24, 2.45) is 0 Å². The van der Waals surface area contributed by atoms with E-state index in [1.807, 2.05) is 20.0 Å². The summed E-state index contributed by atoms with van der Waals surface area (Å²) in [6.07, 6.45) is 5.68. The SMILES string of the molecule is CCc1nc2c(s1)C(N(C)C(=O)Nc1cc(C)cnc1OC)CCC2. The molecule has 2 aromatic heterocycles. The third-order valence-corrected chi connectivity index (χ3v) is 5.82. The fraction of sp³-hybridized carbons (Fsp3) is 0.500. The van der Waals surface area contributed by atoms with E-state index < -0.39 is 0 Å². The molecule has 0 bridgehead atoms. The summed E-state index contributed by atoms with van der Waals surface area (Å²) in [7, 11) is 3.39. The van der Waals surface area contributed by atoms with Crippen LogP contribution in [0.3, 0.4) is 0 Å². The first-order valence-corrected chi connectivity index (χ1v) is 9.38. The fourth-order valence-corrected chi connectivity index (χ4v) is 4.35. The number of rotatable bonds is 4. The van der Waals surface area contributed by atoms with Crippen LogP contribution in [0.2, 0.25) is 0 Å². The van der Waals surface area contributed by atoms with Gasteiger partial charge in [0.05, 0.1) is 28.7 Å². The monoisotopic (exact) mass is 360 g/mol. The number of pyridine rings is 1. The predicted molar refractivity (Wildman–Crippen MR) is 99.5 cm³/mol. The molecular weight excluding hydrogens is 336 g/mol. The van der Waals surface area contributed by atoms with Gasteiger partial charge in [-0.3, -0.25) is 0 Å². The molecule has 1 aliphatic carbocycles. The highest BCUT2D eigenvalue weighted by molar-refractivity contribution is 7.11. The van der Waals surface area contributed by atoms with E-state index in [0.29, 0.717) is 11.6 Å². The zero-order valence-corrected chi connectivity index (χ0v) is 15.9. The molecule has 1 N–H and O–H groups in total. The van der Waals surface area contributed by atoms with Crippen LogP contribution in [0.5, 0.6) is 5.88 Å². The molecular formula is C18H24N4O2S. The van der Waals surface area contributed by atoms with E-state index in [4.69, 9.17) is 9.72 Å². The van der Waals surface area contributed by atoms with Gasteiger partial charge in [0.2, 0.25) is 5.88 Å². The van der Waals surface area contributed by atoms with Crippen LogP contribution in [0.15, 0.2) is 12.3 Å². The summed E-state index contributed by atoms with van der Waals surface area (Å²) in [5.41, 5.74) is 2.72. The van der Waals surface area contributed by atoms with Gasteiger partial charge in [-0.25, -0.2) is 14.8 Å². The minimum Gasteiger partial charge on any atom is -0.480 e. The molecule has 2 amide bonds. The zero-order valence-electron chi connectivity index (χ0n) is 15.1. The quantitative estimate of drug-likeness (QED) is 0.896. The molecule has 1 aliphatic rings. The number of carbonyl (C=O) groups excluding carboxylic acids is 1. The van der Waals surface area contributed by atoms with Crippen molar-refractivity contribution in [2.75, 3.05) is 19.5 Å². The molecule has 0 fully saturated rings. The lowest BCUT2D eigenvalue weighted by Gasteiger charge is -2.30. The zero-order chi connectivity index (χ0) is 18.0. The number of urea groups is 1. The van der Waals surface area contributed by atoms with Crippen molar-refractivity contribution in [1.29, 1.82) is 0 Å². The van der Waals surface area contributed by atoms with Crippen molar-refractivity contribution in [3.63, 3.8) is 0 Å². The average molecular weight is 360 g/mol. The third kappa shape index (κ3) is 3.61. The van der Waals surface area contributed by atoms with Crippen molar-refractivity contribution in [3.05, 3.63) is 33.4 Å². The number of nitrogens with zero attached hydrogens (tertiary/aromatic N) is 3. The summed E-state index contributed by atoms with van der Waals surface area (Å²) in [5.74, 6) is 0.419. The van der Waals surface area contributed by atoms with Crippen molar-refractivity contribution < 1.29 is 9.53 Å². The number of hydrogen-bond donors (Lipinski definition) is 1. The number of methoxy groups -OCH3 is 1. The molecule has 25 heavy (non-hydrogen) atoms. The van der Waals surface area contributed by atoms with Gasteiger partial charge in [0, 0.05) is 13.2 Å². The van der Waals surface area contributed by atoms with E-state index in [9.17, 15) is 4.79 Å². The summed E-state index contributed by atoms with van der Waals surface area (Å²) in [4.78, 5) is 24.7. The molecule has 2 heterocycles. The van der Waals surface area contributed by atoms with E-state index in [1.165, 1.54) is 4.88 Å². The molecule has 7 heteroatoms. The van der Waals surface area contributed by atoms with Crippen LogP contribution in [0.1, 0.15) is 46.9 Å². The lowest BCUT2D eigenvalue weighted by molar-refractivity contribution is 0.198. The number of ether oxygens (including phenoxy) is 1. The molecule has 2 aromatic rings. The highest BCUT2D eigenvalue weighted by atomic mass is 32.1. The Kier molecular flexibility index (Phi) is 5.22. The topological polar surface area (TPSA) is 67.4 Å². The predicted octanol–water partition coefficient (Wildman–Crippen LogP) is 3.96. The van der Waals surface area contributed by atoms with Crippen LogP contribution in [0.4, 0.5) is 10.5 Å². The highest BCUT2D eigenvalue weighted by Crippen LogP contribution is 2.38. The second-order valence-electron chi connectivity index (χ2n) is 6.29. The molecule has 0 saturated heterocycles. The number of nitrogens with one attached hydrogen (secondary N) is 1. The molecule has 0 aliphatic heterocycles. The van der Waals surface area contributed by atoms with Crippen LogP contribution in [-0.4, -0.2) is 35.1 Å². The third-order valence-electron chi connectivity index (χ3n) is 4.48. The minimum atomic E-state index is -0.157. The number of aromatic nitrogens is 2. The van der Waals surface area contributed by atoms with Crippen molar-refractivity contribution in [2.45, 2.75) is 45.6 Å². The summed E-state index contributed by atoms with van der Waals surface area (Å²) in [5, 5.41) is 4.08. The van der Waals surface area contributed by atoms with Gasteiger partial charge >= 0.3 is 6.03 Å². The highest BCUT2D eigenvalue weighted by Gasteiger charge is 2.30. The van der Waals surface area contributed by atoms with Gasteiger partial charge in [-0.2, -0.15) is 0 Å². The van der Waals surface area contributed by atoms with E-state index in [1.54, 1.807) is 29.5 Å². The standard InChI is InChI=1S/C18H24N4O2S/c1-5-15-20-12-7-6-8-14(16(12)25-15)22(3)18(23)21-13-9-11(2)10-19-17(13)24-4/h9-10,14H,5-8H2,1-4H3,(H,21,23). The van der Waals surface area contributed by atoms with Gasteiger partial charge in [0.1, 0.15) is 5.69 Å². The molecule has 0 aromatic carbocycles. The summed E-state index contributed by atoms with van der Waals surface area (Å²) < 4.78 is 5.25. The Morgan fingerprint density at radius 2 is 2.32 bits per heavy atom. The Hall–Kier alpha value is -2.15. The van der Waals surface area contributed by atoms with Crippen molar-refractivity contribution in [1.82, 2.24) is 14.9 Å². The number of hydrogen-bond acceptors (Lipinski definition) is 5. The molecule has 134 valence electrons. The van der Waals surface area contributed by atoms with Crippen LogP contribution < -0.4 is 10.1 Å². The molecule has 0 saturated carbocycles. The van der Waals surface area contributed by atoms with Crippen LogP contribution in [0, 0.1) is 6.92 Å². The Morgan fingerprint density at radius 1 is 1.52 bits per heavy atom. The van der Waals surface area contributed by atoms with Crippen LogP contribution in [-0.2, 0) is 12.8 Å². The lowest BCUT2D eigenvalue weighted by Crippen LogP contribution is -2.36. The Bertz CT molecular complexity index is 774. The Balaban J connectivity index is 1.80. The first-order valence-electron chi connectivity index (χ1n) is 8.56. The van der Waals surface area contributed by atoms with Crippen LogP contribution >= 0.6 is 11.3 Å². The second kappa shape index (κ2) is 7.39. The molecule has 0 spiro atoms.